The van der Waals surface area contributed by atoms with E-state index >= 15 is 0 Å². The number of amides is 3. The monoisotopic (exact) mass is 527 g/mol. The summed E-state index contributed by atoms with van der Waals surface area (Å²) in [5.41, 5.74) is 1.64. The molecular weight excluding hydrogens is 502 g/mol. The number of aliphatic imine (C=N–C) groups is 1. The number of piperazine rings is 1. The van der Waals surface area contributed by atoms with Crippen LogP contribution in [0.25, 0.3) is 0 Å². The van der Waals surface area contributed by atoms with Gasteiger partial charge in [0.15, 0.2) is 11.7 Å². The number of nitrogens with zero attached hydrogens (tertiary/aromatic N) is 6. The number of aromatic nitrogens is 1. The summed E-state index contributed by atoms with van der Waals surface area (Å²) >= 11 is 0. The lowest BCUT2D eigenvalue weighted by molar-refractivity contribution is -0.168. The number of pyridine rings is 1. The van der Waals surface area contributed by atoms with Crippen LogP contribution < -0.4 is 15.2 Å². The highest BCUT2D eigenvalue weighted by atomic mass is 19.4. The van der Waals surface area contributed by atoms with E-state index in [-0.39, 0.29) is 38.0 Å². The Morgan fingerprint density at radius 1 is 1.32 bits per heavy atom. The summed E-state index contributed by atoms with van der Waals surface area (Å²) in [5.74, 6) is -4.31. The van der Waals surface area contributed by atoms with Crippen molar-refractivity contribution in [1.82, 2.24) is 15.3 Å². The minimum Gasteiger partial charge on any atom is -0.379 e. The van der Waals surface area contributed by atoms with Crippen molar-refractivity contribution < 1.29 is 36.7 Å². The average molecular weight is 527 g/mol. The fourth-order valence-electron chi connectivity index (χ4n) is 4.43. The molecule has 0 aliphatic carbocycles. The van der Waals surface area contributed by atoms with E-state index in [4.69, 9.17) is 4.74 Å². The molecule has 200 valence electrons. The van der Waals surface area contributed by atoms with Crippen LogP contribution in [0, 0.1) is 11.7 Å². The summed E-state index contributed by atoms with van der Waals surface area (Å²) < 4.78 is 58.6. The van der Waals surface area contributed by atoms with Gasteiger partial charge in [0.25, 0.3) is 11.8 Å². The maximum Gasteiger partial charge on any atom is 0.406 e. The van der Waals surface area contributed by atoms with Crippen LogP contribution in [0.5, 0.6) is 0 Å². The van der Waals surface area contributed by atoms with Crippen molar-refractivity contribution in [3.63, 3.8) is 0 Å². The van der Waals surface area contributed by atoms with E-state index in [1.54, 1.807) is 15.2 Å². The summed E-state index contributed by atoms with van der Waals surface area (Å²) in [6, 6.07) is -0.125. The lowest BCUT2D eigenvalue weighted by atomic mass is 10.0. The van der Waals surface area contributed by atoms with Gasteiger partial charge in [0, 0.05) is 26.2 Å². The molecule has 0 bridgehead atoms. The molecule has 4 rings (SSSR count). The van der Waals surface area contributed by atoms with Crippen molar-refractivity contribution in [2.24, 2.45) is 16.0 Å². The van der Waals surface area contributed by atoms with E-state index in [0.717, 1.165) is 12.4 Å². The lowest BCUT2D eigenvalue weighted by Crippen LogP contribution is -2.63. The Morgan fingerprint density at radius 3 is 2.81 bits per heavy atom. The van der Waals surface area contributed by atoms with Gasteiger partial charge in [0.1, 0.15) is 11.9 Å². The number of hydrogen-bond acceptors (Lipinski definition) is 8. The molecule has 0 aromatic carbocycles. The van der Waals surface area contributed by atoms with Gasteiger partial charge in [-0.05, 0) is 6.92 Å². The maximum atomic E-state index is 13.6. The van der Waals surface area contributed by atoms with Gasteiger partial charge in [-0.25, -0.2) is 14.8 Å². The number of fused-ring (bicyclic) bond motifs is 3. The smallest absolute Gasteiger partial charge is 0.379 e. The molecular formula is C22H25F4N7O4. The van der Waals surface area contributed by atoms with Crippen molar-refractivity contribution in [1.29, 1.82) is 0 Å². The van der Waals surface area contributed by atoms with Crippen LogP contribution in [-0.2, 0) is 19.1 Å². The van der Waals surface area contributed by atoms with E-state index in [2.05, 4.69) is 15.1 Å². The number of anilines is 2. The van der Waals surface area contributed by atoms with E-state index in [1.807, 2.05) is 0 Å². The van der Waals surface area contributed by atoms with Gasteiger partial charge >= 0.3 is 6.18 Å². The number of likely N-dealkylation sites (N-methyl/N-ethyl adjacent to an activating group) is 1. The normalized spacial score (nSPS) is 23.6. The topological polar surface area (TPSA) is 120 Å². The first-order chi connectivity index (χ1) is 17.5. The van der Waals surface area contributed by atoms with Gasteiger partial charge in [-0.2, -0.15) is 18.3 Å². The summed E-state index contributed by atoms with van der Waals surface area (Å²) in [5, 5.41) is 3.39. The molecule has 1 unspecified atom stereocenters. The van der Waals surface area contributed by atoms with Crippen LogP contribution >= 0.6 is 0 Å². The molecule has 0 spiro atoms. The zero-order valence-corrected chi connectivity index (χ0v) is 20.0. The minimum absolute atomic E-state index is 0.00483. The van der Waals surface area contributed by atoms with Crippen LogP contribution in [0.4, 0.5) is 29.1 Å². The second kappa shape index (κ2) is 10.4. The Hall–Kier alpha value is -3.62. The second-order valence-electron chi connectivity index (χ2n) is 8.88. The third-order valence-corrected chi connectivity index (χ3v) is 6.24. The van der Waals surface area contributed by atoms with Gasteiger partial charge in [-0.3, -0.25) is 19.4 Å². The molecule has 3 atom stereocenters. The van der Waals surface area contributed by atoms with Crippen LogP contribution in [0.3, 0.4) is 0 Å². The quantitative estimate of drug-likeness (QED) is 0.431. The molecule has 0 radical (unpaired) electrons. The minimum atomic E-state index is -4.81. The predicted octanol–water partition coefficient (Wildman–Crippen LogP) is 0.745. The molecule has 3 aliphatic heterocycles. The van der Waals surface area contributed by atoms with Crippen molar-refractivity contribution in [2.45, 2.75) is 31.6 Å². The van der Waals surface area contributed by atoms with Crippen LogP contribution in [0.2, 0.25) is 0 Å². The summed E-state index contributed by atoms with van der Waals surface area (Å²) in [6.45, 7) is 2.24. The average Bonchev–Trinajstić information content (AvgIpc) is 2.84. The maximum absolute atomic E-state index is 13.6. The number of alkyl halides is 3. The van der Waals surface area contributed by atoms with Crippen molar-refractivity contribution >= 4 is 41.2 Å². The third-order valence-electron chi connectivity index (χ3n) is 6.24. The molecule has 1 N–H and O–H groups in total. The number of hydrogen-bond donors (Lipinski definition) is 1. The standard InChI is InChI=1S/C22H25F4N7O4/c1-12(29-14-9-28-30-20(35)18(14)22(24,25)26)11-37-6-3-17(34)32-4-5-33-16(10-32)21(36)31(2)15-7-13(23)8-27-19(15)33/h7-9,12,16,18H,3-6,10-11H2,1-2H3,(H,30,35)/t12-,16-,18?/m0/s1. The second-order valence-corrected chi connectivity index (χ2v) is 8.88. The number of rotatable bonds is 6. The van der Waals surface area contributed by atoms with E-state index in [9.17, 15) is 31.9 Å². The molecule has 1 aromatic rings. The molecule has 1 aromatic heterocycles. The molecule has 4 heterocycles. The van der Waals surface area contributed by atoms with Crippen molar-refractivity contribution in [3.8, 4) is 0 Å². The highest BCUT2D eigenvalue weighted by Gasteiger charge is 2.49. The van der Waals surface area contributed by atoms with Crippen LogP contribution in [0.15, 0.2) is 22.4 Å². The molecule has 37 heavy (non-hydrogen) atoms. The van der Waals surface area contributed by atoms with Crippen molar-refractivity contribution in [3.05, 3.63) is 18.1 Å². The SMILES string of the molecule is C[C@@H](COCCC(=O)N1CCN2c3ncc(F)cc3N(C)C(=O)[C@@H]2C1)N=C1C=NNC(=O)C1C(F)(F)F. The fraction of sp³-hybridized carbons (Fsp3) is 0.545. The number of ether oxygens (including phenoxy) is 1. The molecule has 0 saturated carbocycles. The first-order valence-corrected chi connectivity index (χ1v) is 11.5. The summed E-state index contributed by atoms with van der Waals surface area (Å²) in [4.78, 5) is 49.8. The molecule has 15 heteroatoms. The van der Waals surface area contributed by atoms with Gasteiger partial charge in [-0.15, -0.1) is 0 Å². The van der Waals surface area contributed by atoms with E-state index in [1.165, 1.54) is 24.9 Å². The Morgan fingerprint density at radius 2 is 2.08 bits per heavy atom. The Kier molecular flexibility index (Phi) is 7.43. The molecule has 1 saturated heterocycles. The number of carbonyl (C=O) groups is 3. The predicted molar refractivity (Wildman–Crippen MR) is 124 cm³/mol. The molecule has 3 aliphatic rings. The van der Waals surface area contributed by atoms with E-state index in [0.29, 0.717) is 24.6 Å². The van der Waals surface area contributed by atoms with Gasteiger partial charge in [0.2, 0.25) is 5.91 Å². The Labute approximate surface area is 209 Å². The molecule has 3 amide bonds. The van der Waals surface area contributed by atoms with Gasteiger partial charge in [-0.1, -0.05) is 0 Å². The van der Waals surface area contributed by atoms with Crippen LogP contribution in [0.1, 0.15) is 13.3 Å². The largest absolute Gasteiger partial charge is 0.406 e. The van der Waals surface area contributed by atoms with Crippen molar-refractivity contribution in [2.75, 3.05) is 49.7 Å². The lowest BCUT2D eigenvalue weighted by Gasteiger charge is -2.46. The summed E-state index contributed by atoms with van der Waals surface area (Å²) in [6.07, 6.45) is -2.88. The summed E-state index contributed by atoms with van der Waals surface area (Å²) in [7, 11) is 1.53. The van der Waals surface area contributed by atoms with Crippen LogP contribution in [-0.4, -0.2) is 97.7 Å². The number of halogens is 4. The van der Waals surface area contributed by atoms with Gasteiger partial charge < -0.3 is 19.4 Å². The number of nitrogens with one attached hydrogen (secondary N) is 1. The highest BCUT2D eigenvalue weighted by molar-refractivity contribution is 6.37. The third kappa shape index (κ3) is 5.55. The van der Waals surface area contributed by atoms with Gasteiger partial charge in [0.05, 0.1) is 56.0 Å². The zero-order valence-electron chi connectivity index (χ0n) is 20.0. The van der Waals surface area contributed by atoms with E-state index < -0.39 is 41.6 Å². The molecule has 11 nitrogen and oxygen atoms in total. The Balaban J connectivity index is 1.28. The highest BCUT2D eigenvalue weighted by Crippen LogP contribution is 2.35. The zero-order chi connectivity index (χ0) is 26.9. The Bertz CT molecular complexity index is 1140. The first kappa shape index (κ1) is 26.4. The number of hydrazone groups is 1. The first-order valence-electron chi connectivity index (χ1n) is 11.5. The number of carbonyl (C=O) groups excluding carboxylic acids is 3. The molecule has 1 fully saturated rings. The fourth-order valence-corrected chi connectivity index (χ4v) is 4.43.